The Labute approximate surface area is 105 Å². The number of aryl methyl sites for hydroxylation is 1. The lowest BCUT2D eigenvalue weighted by Gasteiger charge is -2.10. The molecular formula is C12H15N5O. The number of amides is 1. The maximum atomic E-state index is 11.8. The second-order valence-corrected chi connectivity index (χ2v) is 4.10. The van der Waals surface area contributed by atoms with Crippen molar-refractivity contribution in [2.75, 3.05) is 5.32 Å². The summed E-state index contributed by atoms with van der Waals surface area (Å²) in [6.07, 6.45) is 5.27. The Morgan fingerprint density at radius 3 is 3.11 bits per heavy atom. The minimum atomic E-state index is -0.632. The van der Waals surface area contributed by atoms with Gasteiger partial charge in [0.1, 0.15) is 5.82 Å². The molecule has 0 aliphatic carbocycles. The van der Waals surface area contributed by atoms with Crippen molar-refractivity contribution < 1.29 is 4.79 Å². The highest BCUT2D eigenvalue weighted by molar-refractivity contribution is 5.94. The molecule has 6 heteroatoms. The molecule has 0 spiro atoms. The Kier molecular flexibility index (Phi) is 3.69. The highest BCUT2D eigenvalue weighted by atomic mass is 16.2. The summed E-state index contributed by atoms with van der Waals surface area (Å²) in [6.45, 7) is 1.93. The second-order valence-electron chi connectivity index (χ2n) is 4.10. The number of aromatic amines is 1. The number of hydrogen-bond donors (Lipinski definition) is 3. The van der Waals surface area contributed by atoms with Gasteiger partial charge in [-0.1, -0.05) is 0 Å². The first-order valence-electron chi connectivity index (χ1n) is 5.61. The first-order valence-corrected chi connectivity index (χ1v) is 5.61. The molecule has 1 amide bonds. The van der Waals surface area contributed by atoms with Crippen LogP contribution in [0.3, 0.4) is 0 Å². The summed E-state index contributed by atoms with van der Waals surface area (Å²) < 4.78 is 0. The molecule has 0 unspecified atom stereocenters. The van der Waals surface area contributed by atoms with E-state index in [2.05, 4.69) is 20.3 Å². The number of imidazole rings is 1. The van der Waals surface area contributed by atoms with E-state index in [0.29, 0.717) is 12.2 Å². The highest BCUT2D eigenvalue weighted by Crippen LogP contribution is 2.06. The quantitative estimate of drug-likeness (QED) is 0.735. The fraction of sp³-hybridized carbons (Fsp3) is 0.250. The summed E-state index contributed by atoms with van der Waals surface area (Å²) in [6, 6.07) is 3.02. The maximum absolute atomic E-state index is 11.8. The van der Waals surface area contributed by atoms with E-state index < -0.39 is 6.04 Å². The van der Waals surface area contributed by atoms with Crippen LogP contribution in [0.5, 0.6) is 0 Å². The van der Waals surface area contributed by atoms with Crippen molar-refractivity contribution in [1.82, 2.24) is 15.0 Å². The van der Waals surface area contributed by atoms with Crippen molar-refractivity contribution >= 4 is 11.7 Å². The Morgan fingerprint density at radius 1 is 1.61 bits per heavy atom. The van der Waals surface area contributed by atoms with Crippen molar-refractivity contribution in [2.45, 2.75) is 19.4 Å². The topological polar surface area (TPSA) is 96.7 Å². The van der Waals surface area contributed by atoms with Crippen molar-refractivity contribution in [1.29, 1.82) is 0 Å². The fourth-order valence-electron chi connectivity index (χ4n) is 1.55. The van der Waals surface area contributed by atoms with E-state index in [0.717, 1.165) is 11.3 Å². The Hall–Kier alpha value is -2.21. The van der Waals surface area contributed by atoms with Gasteiger partial charge in [0.25, 0.3) is 0 Å². The van der Waals surface area contributed by atoms with Gasteiger partial charge in [-0.2, -0.15) is 0 Å². The molecule has 2 rings (SSSR count). The predicted octanol–water partition coefficient (Wildman–Crippen LogP) is 0.622. The number of rotatable bonds is 4. The number of nitrogens with one attached hydrogen (secondary N) is 2. The van der Waals surface area contributed by atoms with Gasteiger partial charge in [0.15, 0.2) is 0 Å². The van der Waals surface area contributed by atoms with Crippen LogP contribution in [0.4, 0.5) is 5.82 Å². The summed E-state index contributed by atoms with van der Waals surface area (Å²) in [4.78, 5) is 22.7. The molecule has 0 radical (unpaired) electrons. The maximum Gasteiger partial charge on any atom is 0.242 e. The number of carbonyl (C=O) groups excluding carboxylic acids is 1. The molecule has 6 nitrogen and oxygen atoms in total. The minimum Gasteiger partial charge on any atom is -0.348 e. The molecule has 94 valence electrons. The number of nitrogens with zero attached hydrogens (tertiary/aromatic N) is 2. The molecule has 0 bridgehead atoms. The number of aromatic nitrogens is 3. The Morgan fingerprint density at radius 2 is 2.44 bits per heavy atom. The van der Waals surface area contributed by atoms with Crippen LogP contribution in [0.1, 0.15) is 11.3 Å². The van der Waals surface area contributed by atoms with Gasteiger partial charge >= 0.3 is 0 Å². The van der Waals surface area contributed by atoms with E-state index in [-0.39, 0.29) is 5.91 Å². The van der Waals surface area contributed by atoms with Crippen LogP contribution < -0.4 is 11.1 Å². The smallest absolute Gasteiger partial charge is 0.242 e. The largest absolute Gasteiger partial charge is 0.348 e. The van der Waals surface area contributed by atoms with Gasteiger partial charge in [-0.25, -0.2) is 9.97 Å². The molecule has 2 heterocycles. The van der Waals surface area contributed by atoms with Gasteiger partial charge in [-0.15, -0.1) is 0 Å². The van der Waals surface area contributed by atoms with Crippen molar-refractivity contribution in [2.24, 2.45) is 5.73 Å². The van der Waals surface area contributed by atoms with Crippen molar-refractivity contribution in [3.05, 3.63) is 42.1 Å². The lowest BCUT2D eigenvalue weighted by molar-refractivity contribution is -0.117. The molecule has 2 aromatic rings. The summed E-state index contributed by atoms with van der Waals surface area (Å²) in [5.74, 6) is 0.253. The number of nitrogens with two attached hydrogens (primary N) is 1. The van der Waals surface area contributed by atoms with Crippen LogP contribution in [0.2, 0.25) is 0 Å². The Balaban J connectivity index is 1.95. The zero-order valence-electron chi connectivity index (χ0n) is 10.1. The lowest BCUT2D eigenvalue weighted by atomic mass is 10.1. The summed E-state index contributed by atoms with van der Waals surface area (Å²) >= 11 is 0. The summed E-state index contributed by atoms with van der Waals surface area (Å²) in [7, 11) is 0. The lowest BCUT2D eigenvalue weighted by Crippen LogP contribution is -2.37. The molecule has 18 heavy (non-hydrogen) atoms. The van der Waals surface area contributed by atoms with E-state index in [1.165, 1.54) is 0 Å². The van der Waals surface area contributed by atoms with Crippen molar-refractivity contribution in [3.8, 4) is 0 Å². The number of carbonyl (C=O) groups is 1. The number of hydrogen-bond acceptors (Lipinski definition) is 4. The van der Waals surface area contributed by atoms with Crippen LogP contribution in [-0.2, 0) is 11.2 Å². The molecule has 2 aromatic heterocycles. The molecule has 0 fully saturated rings. The highest BCUT2D eigenvalue weighted by Gasteiger charge is 2.15. The molecule has 0 saturated carbocycles. The molecule has 0 aliphatic rings. The minimum absolute atomic E-state index is 0.261. The SMILES string of the molecule is Cc1ccnc(NC(=O)[C@@H](N)Cc2cnc[nH]2)c1. The zero-order chi connectivity index (χ0) is 13.0. The van der Waals surface area contributed by atoms with Gasteiger partial charge in [0.2, 0.25) is 5.91 Å². The van der Waals surface area contributed by atoms with Crippen LogP contribution in [0.25, 0.3) is 0 Å². The van der Waals surface area contributed by atoms with Crippen molar-refractivity contribution in [3.63, 3.8) is 0 Å². The van der Waals surface area contributed by atoms with Gasteiger partial charge in [-0.3, -0.25) is 4.79 Å². The first-order chi connectivity index (χ1) is 8.65. The molecule has 0 aromatic carbocycles. The molecule has 4 N–H and O–H groups in total. The molecule has 1 atom stereocenters. The third kappa shape index (κ3) is 3.14. The summed E-state index contributed by atoms with van der Waals surface area (Å²) in [5, 5.41) is 2.69. The standard InChI is InChI=1S/C12H15N5O/c1-8-2-3-15-11(4-8)17-12(18)10(13)5-9-6-14-7-16-9/h2-4,6-7,10H,5,13H2,1H3,(H,14,16)(H,15,17,18)/t10-/m0/s1. The normalized spacial score (nSPS) is 12.1. The average Bonchev–Trinajstić information content (AvgIpc) is 2.81. The van der Waals surface area contributed by atoms with Crippen LogP contribution in [0, 0.1) is 6.92 Å². The molecular weight excluding hydrogens is 230 g/mol. The number of pyridine rings is 1. The Bertz CT molecular complexity index is 523. The van der Waals surface area contributed by atoms with E-state index in [1.807, 2.05) is 13.0 Å². The van der Waals surface area contributed by atoms with Gasteiger partial charge in [-0.05, 0) is 24.6 Å². The van der Waals surface area contributed by atoms with Crippen LogP contribution >= 0.6 is 0 Å². The monoisotopic (exact) mass is 245 g/mol. The van der Waals surface area contributed by atoms with E-state index in [1.54, 1.807) is 24.8 Å². The molecule has 0 aliphatic heterocycles. The average molecular weight is 245 g/mol. The zero-order valence-corrected chi connectivity index (χ0v) is 10.1. The van der Waals surface area contributed by atoms with Crippen LogP contribution in [0.15, 0.2) is 30.9 Å². The van der Waals surface area contributed by atoms with E-state index in [4.69, 9.17) is 5.73 Å². The summed E-state index contributed by atoms with van der Waals surface area (Å²) in [5.41, 5.74) is 7.67. The first kappa shape index (κ1) is 12.3. The predicted molar refractivity (Wildman–Crippen MR) is 67.9 cm³/mol. The number of anilines is 1. The van der Waals surface area contributed by atoms with Gasteiger partial charge in [0.05, 0.1) is 12.4 Å². The van der Waals surface area contributed by atoms with E-state index in [9.17, 15) is 4.79 Å². The molecule has 0 saturated heterocycles. The van der Waals surface area contributed by atoms with Crippen LogP contribution in [-0.4, -0.2) is 26.9 Å². The fourth-order valence-corrected chi connectivity index (χ4v) is 1.55. The van der Waals surface area contributed by atoms with E-state index >= 15 is 0 Å². The van der Waals surface area contributed by atoms with Gasteiger partial charge < -0.3 is 16.0 Å². The third-order valence-corrected chi connectivity index (χ3v) is 2.50. The second kappa shape index (κ2) is 5.42. The van der Waals surface area contributed by atoms with Gasteiger partial charge in [0, 0.05) is 24.5 Å². The third-order valence-electron chi connectivity index (χ3n) is 2.50. The number of H-pyrrole nitrogens is 1.